The lowest BCUT2D eigenvalue weighted by molar-refractivity contribution is 0.0632. The summed E-state index contributed by atoms with van der Waals surface area (Å²) in [5.74, 6) is 0.0848. The number of para-hydroxylation sites is 1. The topological polar surface area (TPSA) is 42.9 Å². The van der Waals surface area contributed by atoms with Gasteiger partial charge in [0.25, 0.3) is 5.91 Å². The van der Waals surface area contributed by atoms with Crippen LogP contribution < -0.4 is 9.80 Å². The summed E-state index contributed by atoms with van der Waals surface area (Å²) >= 11 is 1.59. The first-order valence-corrected chi connectivity index (χ1v) is 11.1. The van der Waals surface area contributed by atoms with Crippen LogP contribution in [-0.2, 0) is 0 Å². The van der Waals surface area contributed by atoms with Crippen molar-refractivity contribution in [2.75, 3.05) is 68.7 Å². The Balaban J connectivity index is 1.32. The van der Waals surface area contributed by atoms with E-state index in [0.717, 1.165) is 64.0 Å². The number of hydrogen-bond acceptors (Lipinski definition) is 6. The Bertz CT molecular complexity index is 764. The van der Waals surface area contributed by atoms with E-state index in [0.29, 0.717) is 5.69 Å². The van der Waals surface area contributed by atoms with Crippen molar-refractivity contribution in [1.29, 1.82) is 0 Å². The lowest BCUT2D eigenvalue weighted by Crippen LogP contribution is -2.49. The minimum Gasteiger partial charge on any atom is -0.368 e. The highest BCUT2D eigenvalue weighted by Gasteiger charge is 2.25. The molecule has 28 heavy (non-hydrogen) atoms. The van der Waals surface area contributed by atoms with Gasteiger partial charge in [0.05, 0.1) is 0 Å². The van der Waals surface area contributed by atoms with Gasteiger partial charge in [0.15, 0.2) is 5.13 Å². The van der Waals surface area contributed by atoms with Crippen LogP contribution in [0.5, 0.6) is 0 Å². The molecule has 0 atom stereocenters. The van der Waals surface area contributed by atoms with Crippen molar-refractivity contribution in [3.8, 4) is 0 Å². The molecule has 2 saturated heterocycles. The highest BCUT2D eigenvalue weighted by molar-refractivity contribution is 7.13. The Morgan fingerprint density at radius 3 is 2.32 bits per heavy atom. The van der Waals surface area contributed by atoms with Gasteiger partial charge >= 0.3 is 0 Å². The Kier molecular flexibility index (Phi) is 6.12. The van der Waals surface area contributed by atoms with Crippen molar-refractivity contribution >= 4 is 28.1 Å². The van der Waals surface area contributed by atoms with E-state index in [1.807, 2.05) is 10.3 Å². The molecule has 0 unspecified atom stereocenters. The fraction of sp³-hybridized carbons (Fsp3) is 0.524. The molecule has 7 heteroatoms. The van der Waals surface area contributed by atoms with Crippen LogP contribution in [0.4, 0.5) is 10.8 Å². The monoisotopic (exact) mass is 399 g/mol. The van der Waals surface area contributed by atoms with E-state index in [-0.39, 0.29) is 5.91 Å². The Hall–Kier alpha value is -2.12. The molecular weight excluding hydrogens is 370 g/mol. The molecule has 1 aromatic heterocycles. The summed E-state index contributed by atoms with van der Waals surface area (Å²) in [4.78, 5) is 26.6. The molecule has 0 saturated carbocycles. The van der Waals surface area contributed by atoms with Gasteiger partial charge in [-0.3, -0.25) is 9.69 Å². The van der Waals surface area contributed by atoms with Gasteiger partial charge in [-0.2, -0.15) is 0 Å². The van der Waals surface area contributed by atoms with E-state index in [9.17, 15) is 4.79 Å². The van der Waals surface area contributed by atoms with Gasteiger partial charge in [0, 0.05) is 63.4 Å². The minimum atomic E-state index is 0.0848. The average Bonchev–Trinajstić information content (AvgIpc) is 3.25. The molecular formula is C21H29N5OS. The molecule has 1 aromatic carbocycles. The summed E-state index contributed by atoms with van der Waals surface area (Å²) in [5.41, 5.74) is 1.88. The van der Waals surface area contributed by atoms with Crippen molar-refractivity contribution in [2.24, 2.45) is 0 Å². The molecule has 2 fully saturated rings. The molecule has 150 valence electrons. The van der Waals surface area contributed by atoms with Gasteiger partial charge in [0.2, 0.25) is 0 Å². The molecule has 0 bridgehead atoms. The minimum absolute atomic E-state index is 0.0848. The predicted molar refractivity (Wildman–Crippen MR) is 116 cm³/mol. The summed E-state index contributed by atoms with van der Waals surface area (Å²) in [7, 11) is 0. The third-order valence-electron chi connectivity index (χ3n) is 5.58. The van der Waals surface area contributed by atoms with Crippen LogP contribution in [0.1, 0.15) is 23.8 Å². The maximum atomic E-state index is 12.8. The number of rotatable bonds is 5. The summed E-state index contributed by atoms with van der Waals surface area (Å²) < 4.78 is 0. The van der Waals surface area contributed by atoms with Crippen LogP contribution in [0, 0.1) is 0 Å². The first-order valence-electron chi connectivity index (χ1n) is 10.3. The second kappa shape index (κ2) is 8.92. The number of aromatic nitrogens is 1. The van der Waals surface area contributed by atoms with Crippen molar-refractivity contribution in [2.45, 2.75) is 13.3 Å². The lowest BCUT2D eigenvalue weighted by Gasteiger charge is -2.36. The fourth-order valence-electron chi connectivity index (χ4n) is 3.96. The Morgan fingerprint density at radius 2 is 1.64 bits per heavy atom. The molecule has 1 amide bonds. The van der Waals surface area contributed by atoms with E-state index in [1.54, 1.807) is 11.3 Å². The smallest absolute Gasteiger partial charge is 0.273 e. The van der Waals surface area contributed by atoms with Gasteiger partial charge < -0.3 is 14.7 Å². The van der Waals surface area contributed by atoms with Crippen molar-refractivity contribution in [1.82, 2.24) is 14.8 Å². The zero-order chi connectivity index (χ0) is 19.3. The normalized spacial score (nSPS) is 18.5. The number of benzene rings is 1. The largest absolute Gasteiger partial charge is 0.368 e. The molecule has 3 heterocycles. The van der Waals surface area contributed by atoms with Crippen LogP contribution >= 0.6 is 11.3 Å². The zero-order valence-electron chi connectivity index (χ0n) is 16.6. The van der Waals surface area contributed by atoms with Gasteiger partial charge in [-0.1, -0.05) is 25.1 Å². The zero-order valence-corrected chi connectivity index (χ0v) is 17.4. The van der Waals surface area contributed by atoms with Crippen LogP contribution in [-0.4, -0.2) is 79.6 Å². The number of nitrogens with zero attached hydrogens (tertiary/aromatic N) is 5. The molecule has 0 radical (unpaired) electrons. The SMILES string of the molecule is CCCN1CCN(C(=O)c2csc(N3CCN(c4ccccc4)CC3)n2)CC1. The number of thiazole rings is 1. The molecule has 4 rings (SSSR count). The number of piperazine rings is 2. The van der Waals surface area contributed by atoms with Crippen molar-refractivity contribution < 1.29 is 4.79 Å². The first-order chi connectivity index (χ1) is 13.7. The van der Waals surface area contributed by atoms with Crippen molar-refractivity contribution in [3.05, 3.63) is 41.4 Å². The van der Waals surface area contributed by atoms with E-state index in [4.69, 9.17) is 0 Å². The van der Waals surface area contributed by atoms with Crippen molar-refractivity contribution in [3.63, 3.8) is 0 Å². The Morgan fingerprint density at radius 1 is 0.964 bits per heavy atom. The number of amides is 1. The molecule has 0 N–H and O–H groups in total. The number of carbonyl (C=O) groups excluding carboxylic acids is 1. The van der Waals surface area contributed by atoms with Gasteiger partial charge in [0.1, 0.15) is 5.69 Å². The summed E-state index contributed by atoms with van der Waals surface area (Å²) in [6, 6.07) is 10.6. The van der Waals surface area contributed by atoms with Crippen LogP contribution in [0.2, 0.25) is 0 Å². The summed E-state index contributed by atoms with van der Waals surface area (Å²) in [6.07, 6.45) is 1.17. The quantitative estimate of drug-likeness (QED) is 0.773. The number of hydrogen-bond donors (Lipinski definition) is 0. The van der Waals surface area contributed by atoms with Crippen LogP contribution in [0.3, 0.4) is 0 Å². The molecule has 2 aliphatic heterocycles. The summed E-state index contributed by atoms with van der Waals surface area (Å²) in [5, 5.41) is 2.90. The maximum Gasteiger partial charge on any atom is 0.273 e. The third-order valence-corrected chi connectivity index (χ3v) is 6.48. The second-order valence-electron chi connectivity index (χ2n) is 7.46. The second-order valence-corrected chi connectivity index (χ2v) is 8.30. The highest BCUT2D eigenvalue weighted by Crippen LogP contribution is 2.24. The molecule has 0 aliphatic carbocycles. The lowest BCUT2D eigenvalue weighted by atomic mass is 10.2. The first kappa shape index (κ1) is 19.2. The van der Waals surface area contributed by atoms with Gasteiger partial charge in [-0.05, 0) is 25.1 Å². The van der Waals surface area contributed by atoms with Crippen LogP contribution in [0.15, 0.2) is 35.7 Å². The number of carbonyl (C=O) groups is 1. The Labute approximate surface area is 171 Å². The van der Waals surface area contributed by atoms with E-state index in [1.165, 1.54) is 12.1 Å². The van der Waals surface area contributed by atoms with Gasteiger partial charge in [-0.25, -0.2) is 4.98 Å². The molecule has 2 aromatic rings. The maximum absolute atomic E-state index is 12.8. The van der Waals surface area contributed by atoms with E-state index >= 15 is 0 Å². The fourth-order valence-corrected chi connectivity index (χ4v) is 4.81. The van der Waals surface area contributed by atoms with E-state index < -0.39 is 0 Å². The van der Waals surface area contributed by atoms with Crippen LogP contribution in [0.25, 0.3) is 0 Å². The third kappa shape index (κ3) is 4.31. The summed E-state index contributed by atoms with van der Waals surface area (Å²) in [6.45, 7) is 10.7. The average molecular weight is 400 g/mol. The van der Waals surface area contributed by atoms with E-state index in [2.05, 4.69) is 56.9 Å². The molecule has 0 spiro atoms. The predicted octanol–water partition coefficient (Wildman–Crippen LogP) is 2.64. The van der Waals surface area contributed by atoms with Gasteiger partial charge in [-0.15, -0.1) is 11.3 Å². The molecule has 2 aliphatic rings. The number of anilines is 2. The standard InChI is InChI=1S/C21H29N5OS/c1-2-8-23-9-11-25(12-10-23)20(27)19-17-28-21(22-19)26-15-13-24(14-16-26)18-6-4-3-5-7-18/h3-7,17H,2,8-16H2,1H3. The highest BCUT2D eigenvalue weighted by atomic mass is 32.1. The molecule has 6 nitrogen and oxygen atoms in total.